The molecule has 8 heteroatoms. The van der Waals surface area contributed by atoms with Gasteiger partial charge in [-0.25, -0.2) is 0 Å². The first-order valence-electron chi connectivity index (χ1n) is 4.93. The van der Waals surface area contributed by atoms with Crippen molar-refractivity contribution in [2.24, 2.45) is 0 Å². The van der Waals surface area contributed by atoms with Gasteiger partial charge in [-0.15, -0.1) is 10.2 Å². The molecule has 1 aromatic carbocycles. The molecular formula is C10H6N4O2S2. The van der Waals surface area contributed by atoms with Crippen molar-refractivity contribution in [1.29, 1.82) is 0 Å². The molecule has 18 heavy (non-hydrogen) atoms. The Hall–Kier alpha value is -2.06. The zero-order valence-corrected chi connectivity index (χ0v) is 10.5. The summed E-state index contributed by atoms with van der Waals surface area (Å²) in [4.78, 5) is 15.1. The zero-order valence-electron chi connectivity index (χ0n) is 8.84. The number of fused-ring (bicyclic) bond motifs is 1. The Morgan fingerprint density at radius 3 is 3.17 bits per heavy atom. The van der Waals surface area contributed by atoms with Crippen LogP contribution in [-0.2, 0) is 0 Å². The molecule has 90 valence electrons. The van der Waals surface area contributed by atoms with Crippen LogP contribution in [0.25, 0.3) is 11.1 Å². The van der Waals surface area contributed by atoms with Crippen molar-refractivity contribution in [2.75, 3.05) is 5.32 Å². The number of carbonyl (C=O) groups excluding carboxylic acids is 1. The van der Waals surface area contributed by atoms with Gasteiger partial charge < -0.3 is 9.40 Å². The van der Waals surface area contributed by atoms with E-state index in [1.54, 1.807) is 23.7 Å². The second-order valence-corrected chi connectivity index (χ2v) is 4.63. The van der Waals surface area contributed by atoms with Crippen LogP contribution in [0.1, 0.15) is 10.4 Å². The summed E-state index contributed by atoms with van der Waals surface area (Å²) in [6.45, 7) is 0. The van der Waals surface area contributed by atoms with Crippen LogP contribution in [-0.4, -0.2) is 21.1 Å². The Bertz CT molecular complexity index is 760. The smallest absolute Gasteiger partial charge is 0.266 e. The molecule has 0 fully saturated rings. The maximum absolute atomic E-state index is 11.9. The molecular weight excluding hydrogens is 272 g/mol. The van der Waals surface area contributed by atoms with Gasteiger partial charge in [-0.3, -0.25) is 10.1 Å². The fraction of sp³-hybridized carbons (Fsp3) is 0. The van der Waals surface area contributed by atoms with E-state index in [-0.39, 0.29) is 10.7 Å². The highest BCUT2D eigenvalue weighted by Gasteiger charge is 2.10. The second kappa shape index (κ2) is 4.31. The normalized spacial score (nSPS) is 10.7. The molecule has 0 aliphatic rings. The third-order valence-corrected chi connectivity index (χ3v) is 3.06. The summed E-state index contributed by atoms with van der Waals surface area (Å²) in [5.74, 6) is -0.268. The van der Waals surface area contributed by atoms with E-state index in [1.165, 1.54) is 11.3 Å². The van der Waals surface area contributed by atoms with E-state index in [1.807, 2.05) is 0 Å². The van der Waals surface area contributed by atoms with E-state index in [4.69, 9.17) is 16.6 Å². The lowest BCUT2D eigenvalue weighted by atomic mass is 10.2. The lowest BCUT2D eigenvalue weighted by Crippen LogP contribution is -2.11. The molecule has 0 aliphatic heterocycles. The number of carbonyl (C=O) groups is 1. The molecule has 2 N–H and O–H groups in total. The highest BCUT2D eigenvalue weighted by atomic mass is 32.1. The number of nitrogens with one attached hydrogen (secondary N) is 2. The third kappa shape index (κ3) is 2.03. The lowest BCUT2D eigenvalue weighted by Gasteiger charge is -2.00. The van der Waals surface area contributed by atoms with Gasteiger partial charge in [0, 0.05) is 5.56 Å². The highest BCUT2D eigenvalue weighted by molar-refractivity contribution is 7.71. The van der Waals surface area contributed by atoms with E-state index < -0.39 is 0 Å². The molecule has 0 atom stereocenters. The standard InChI is InChI=1S/C10H6N4O2S2/c15-8(13-9-14-11-4-18-9)5-1-2-6-7(3-5)16-10(17)12-6/h1-4H,(H,12,17)(H,13,14,15). The molecule has 0 unspecified atom stereocenters. The first kappa shape index (κ1) is 11.1. The Morgan fingerprint density at radius 2 is 2.39 bits per heavy atom. The van der Waals surface area contributed by atoms with Crippen LogP contribution in [0.3, 0.4) is 0 Å². The van der Waals surface area contributed by atoms with E-state index >= 15 is 0 Å². The minimum absolute atomic E-state index is 0.268. The predicted octanol–water partition coefficient (Wildman–Crippen LogP) is 2.59. The Labute approximate surface area is 110 Å². The number of rotatable bonds is 2. The van der Waals surface area contributed by atoms with Crippen LogP contribution in [0.2, 0.25) is 0 Å². The largest absolute Gasteiger partial charge is 0.429 e. The molecule has 0 aliphatic carbocycles. The van der Waals surface area contributed by atoms with Crippen molar-refractivity contribution in [3.63, 3.8) is 0 Å². The topological polar surface area (TPSA) is 83.8 Å². The van der Waals surface area contributed by atoms with Crippen molar-refractivity contribution in [3.8, 4) is 0 Å². The number of anilines is 1. The van der Waals surface area contributed by atoms with Crippen LogP contribution in [0.15, 0.2) is 28.1 Å². The molecule has 3 rings (SSSR count). The number of hydrogen-bond donors (Lipinski definition) is 2. The average molecular weight is 278 g/mol. The summed E-state index contributed by atoms with van der Waals surface area (Å²) in [6.07, 6.45) is 0. The number of benzene rings is 1. The van der Waals surface area contributed by atoms with Crippen molar-refractivity contribution in [2.45, 2.75) is 0 Å². The Balaban J connectivity index is 1.93. The fourth-order valence-electron chi connectivity index (χ4n) is 1.48. The van der Waals surface area contributed by atoms with E-state index in [9.17, 15) is 4.79 Å². The molecule has 2 aromatic heterocycles. The zero-order chi connectivity index (χ0) is 12.5. The van der Waals surface area contributed by atoms with Gasteiger partial charge in [0.05, 0.1) is 5.52 Å². The van der Waals surface area contributed by atoms with Gasteiger partial charge in [0.2, 0.25) is 5.13 Å². The summed E-state index contributed by atoms with van der Waals surface area (Å²) < 4.78 is 5.25. The highest BCUT2D eigenvalue weighted by Crippen LogP contribution is 2.17. The van der Waals surface area contributed by atoms with E-state index in [2.05, 4.69) is 20.5 Å². The quantitative estimate of drug-likeness (QED) is 0.704. The second-order valence-electron chi connectivity index (χ2n) is 3.42. The van der Waals surface area contributed by atoms with Crippen molar-refractivity contribution >= 4 is 45.7 Å². The Kier molecular flexibility index (Phi) is 2.65. The molecule has 1 amide bonds. The number of aromatic amines is 1. The molecule has 6 nitrogen and oxygen atoms in total. The Morgan fingerprint density at radius 1 is 1.50 bits per heavy atom. The molecule has 2 heterocycles. The molecule has 0 saturated carbocycles. The number of oxazole rings is 1. The maximum atomic E-state index is 11.9. The first-order valence-corrected chi connectivity index (χ1v) is 6.21. The van der Waals surface area contributed by atoms with Crippen LogP contribution < -0.4 is 5.32 Å². The van der Waals surface area contributed by atoms with Gasteiger partial charge >= 0.3 is 0 Å². The van der Waals surface area contributed by atoms with Crippen molar-refractivity contribution in [1.82, 2.24) is 15.2 Å². The number of aromatic nitrogens is 3. The SMILES string of the molecule is O=C(Nc1nncs1)c1ccc2[nH]c(=S)oc2c1. The summed E-state index contributed by atoms with van der Waals surface area (Å²) in [5.41, 5.74) is 3.32. The molecule has 0 saturated heterocycles. The summed E-state index contributed by atoms with van der Waals surface area (Å²) in [5, 5.41) is 10.5. The maximum Gasteiger partial charge on any atom is 0.266 e. The van der Waals surface area contributed by atoms with Gasteiger partial charge in [-0.2, -0.15) is 0 Å². The van der Waals surface area contributed by atoms with E-state index in [0.29, 0.717) is 16.3 Å². The molecule has 3 aromatic rings. The van der Waals surface area contributed by atoms with Crippen LogP contribution in [0.5, 0.6) is 0 Å². The first-order chi connectivity index (χ1) is 8.72. The van der Waals surface area contributed by atoms with Gasteiger partial charge in [-0.1, -0.05) is 11.3 Å². The summed E-state index contributed by atoms with van der Waals surface area (Å²) >= 11 is 6.13. The molecule has 0 radical (unpaired) electrons. The number of amides is 1. The fourth-order valence-corrected chi connectivity index (χ4v) is 2.12. The van der Waals surface area contributed by atoms with Gasteiger partial charge in [0.25, 0.3) is 10.7 Å². The monoisotopic (exact) mass is 278 g/mol. The van der Waals surface area contributed by atoms with Crippen molar-refractivity contribution < 1.29 is 9.21 Å². The number of nitrogens with zero attached hydrogens (tertiary/aromatic N) is 2. The third-order valence-electron chi connectivity index (χ3n) is 2.26. The number of hydrogen-bond acceptors (Lipinski definition) is 6. The van der Waals surface area contributed by atoms with Crippen LogP contribution in [0, 0.1) is 4.84 Å². The van der Waals surface area contributed by atoms with Crippen LogP contribution in [0.4, 0.5) is 5.13 Å². The van der Waals surface area contributed by atoms with E-state index in [0.717, 1.165) is 5.52 Å². The summed E-state index contributed by atoms with van der Waals surface area (Å²) in [6, 6.07) is 5.04. The average Bonchev–Trinajstić information content (AvgIpc) is 2.95. The minimum Gasteiger partial charge on any atom is -0.429 e. The minimum atomic E-state index is -0.268. The van der Waals surface area contributed by atoms with Crippen LogP contribution >= 0.6 is 23.6 Å². The number of H-pyrrole nitrogens is 1. The van der Waals surface area contributed by atoms with Gasteiger partial charge in [0.1, 0.15) is 5.51 Å². The molecule has 0 bridgehead atoms. The summed E-state index contributed by atoms with van der Waals surface area (Å²) in [7, 11) is 0. The van der Waals surface area contributed by atoms with Gasteiger partial charge in [0.15, 0.2) is 5.58 Å². The van der Waals surface area contributed by atoms with Crippen molar-refractivity contribution in [3.05, 3.63) is 34.1 Å². The predicted molar refractivity (Wildman–Crippen MR) is 69.3 cm³/mol. The lowest BCUT2D eigenvalue weighted by molar-refractivity contribution is 0.102. The van der Waals surface area contributed by atoms with Gasteiger partial charge in [-0.05, 0) is 30.4 Å². The molecule has 0 spiro atoms.